The van der Waals surface area contributed by atoms with Crippen LogP contribution in [0.15, 0.2) is 30.5 Å². The quantitative estimate of drug-likeness (QED) is 0.797. The van der Waals surface area contributed by atoms with Crippen LogP contribution in [0.5, 0.6) is 0 Å². The molecule has 1 aromatic heterocycles. The smallest absolute Gasteiger partial charge is 0.261 e. The van der Waals surface area contributed by atoms with Crippen LogP contribution in [-0.2, 0) is 10.4 Å². The molecule has 2 aromatic rings. The molecule has 25 heavy (non-hydrogen) atoms. The molecule has 1 fully saturated rings. The van der Waals surface area contributed by atoms with Crippen molar-refractivity contribution in [2.24, 2.45) is 0 Å². The van der Waals surface area contributed by atoms with Gasteiger partial charge in [-0.25, -0.2) is 0 Å². The Labute approximate surface area is 154 Å². The van der Waals surface area contributed by atoms with Crippen molar-refractivity contribution in [3.63, 3.8) is 0 Å². The summed E-state index contributed by atoms with van der Waals surface area (Å²) < 4.78 is 0. The molecule has 0 saturated heterocycles. The van der Waals surface area contributed by atoms with Crippen molar-refractivity contribution in [3.05, 3.63) is 57.3 Å². The van der Waals surface area contributed by atoms with Gasteiger partial charge < -0.3 is 10.4 Å². The molecule has 1 aliphatic heterocycles. The monoisotopic (exact) mass is 376 g/mol. The summed E-state index contributed by atoms with van der Waals surface area (Å²) in [5, 5.41) is 13.9. The highest BCUT2D eigenvalue weighted by Gasteiger charge is 2.49. The van der Waals surface area contributed by atoms with E-state index in [4.69, 9.17) is 23.2 Å². The van der Waals surface area contributed by atoms with Gasteiger partial charge in [0.05, 0.1) is 17.1 Å². The zero-order valence-corrected chi connectivity index (χ0v) is 14.6. The van der Waals surface area contributed by atoms with Crippen molar-refractivity contribution < 1.29 is 14.7 Å². The van der Waals surface area contributed by atoms with Crippen LogP contribution in [0, 0.1) is 0 Å². The fourth-order valence-corrected chi connectivity index (χ4v) is 3.62. The Hall–Kier alpha value is -1.95. The number of benzene rings is 1. The maximum absolute atomic E-state index is 12.6. The van der Waals surface area contributed by atoms with E-state index in [-0.39, 0.29) is 21.3 Å². The highest BCUT2D eigenvalue weighted by Crippen LogP contribution is 2.46. The molecule has 5 nitrogen and oxygen atoms in total. The van der Waals surface area contributed by atoms with Gasteiger partial charge in [0.1, 0.15) is 0 Å². The van der Waals surface area contributed by atoms with E-state index in [0.29, 0.717) is 11.5 Å². The van der Waals surface area contributed by atoms with Gasteiger partial charge in [-0.1, -0.05) is 23.2 Å². The predicted octanol–water partition coefficient (Wildman–Crippen LogP) is 3.68. The van der Waals surface area contributed by atoms with Crippen LogP contribution in [0.1, 0.15) is 46.8 Å². The summed E-state index contributed by atoms with van der Waals surface area (Å²) >= 11 is 12.2. The summed E-state index contributed by atoms with van der Waals surface area (Å²) in [6, 6.07) is 6.52. The normalized spacial score (nSPS) is 21.8. The molecular weight excluding hydrogens is 363 g/mol. The topological polar surface area (TPSA) is 79.3 Å². The summed E-state index contributed by atoms with van der Waals surface area (Å²) in [6.07, 6.45) is 3.30. The molecule has 1 aliphatic carbocycles. The first-order chi connectivity index (χ1) is 11.9. The zero-order chi connectivity index (χ0) is 17.8. The zero-order valence-electron chi connectivity index (χ0n) is 13.1. The first-order valence-corrected chi connectivity index (χ1v) is 8.67. The van der Waals surface area contributed by atoms with Crippen LogP contribution in [0.3, 0.4) is 0 Å². The predicted molar refractivity (Wildman–Crippen MR) is 94.1 cm³/mol. The molecule has 1 unspecified atom stereocenters. The number of ketones is 1. The number of aliphatic hydroxyl groups is 1. The molecule has 0 spiro atoms. The first kappa shape index (κ1) is 16.5. The number of amides is 1. The molecule has 2 heterocycles. The summed E-state index contributed by atoms with van der Waals surface area (Å²) in [5.74, 6) is -0.619. The molecule has 1 amide bonds. The molecule has 128 valence electrons. The number of nitrogens with zero attached hydrogens (tertiary/aromatic N) is 1. The molecule has 2 N–H and O–H groups in total. The lowest BCUT2D eigenvalue weighted by Crippen LogP contribution is -2.36. The van der Waals surface area contributed by atoms with Crippen molar-refractivity contribution in [2.75, 3.05) is 5.32 Å². The highest BCUT2D eigenvalue weighted by molar-refractivity contribution is 6.38. The average Bonchev–Trinajstić information content (AvgIpc) is 3.39. The molecule has 1 aromatic carbocycles. The molecule has 1 saturated carbocycles. The lowest BCUT2D eigenvalue weighted by Gasteiger charge is -2.21. The van der Waals surface area contributed by atoms with Crippen molar-refractivity contribution in [2.45, 2.75) is 30.8 Å². The number of anilines is 1. The van der Waals surface area contributed by atoms with Crippen LogP contribution in [0.2, 0.25) is 10.0 Å². The second kappa shape index (κ2) is 5.80. The molecule has 2 aliphatic rings. The number of carbonyl (C=O) groups is 2. The number of rotatable bonds is 4. The Morgan fingerprint density at radius 2 is 1.96 bits per heavy atom. The third kappa shape index (κ3) is 2.72. The van der Waals surface area contributed by atoms with E-state index in [1.165, 1.54) is 18.3 Å². The molecule has 1 atom stereocenters. The van der Waals surface area contributed by atoms with Gasteiger partial charge in [-0.15, -0.1) is 0 Å². The van der Waals surface area contributed by atoms with Gasteiger partial charge in [-0.3, -0.25) is 14.6 Å². The Morgan fingerprint density at radius 1 is 1.24 bits per heavy atom. The molecule has 0 radical (unpaired) electrons. The number of Topliss-reactive ketones (excluding diaryl/α,β-unsaturated/α-hetero) is 1. The van der Waals surface area contributed by atoms with Crippen LogP contribution in [-0.4, -0.2) is 21.8 Å². The van der Waals surface area contributed by atoms with Crippen LogP contribution >= 0.6 is 23.2 Å². The van der Waals surface area contributed by atoms with E-state index in [0.717, 1.165) is 18.5 Å². The summed E-state index contributed by atoms with van der Waals surface area (Å²) in [4.78, 5) is 29.2. The van der Waals surface area contributed by atoms with Gasteiger partial charge >= 0.3 is 0 Å². The number of hydrogen-bond acceptors (Lipinski definition) is 4. The first-order valence-electron chi connectivity index (χ1n) is 7.91. The molecule has 4 rings (SSSR count). The number of nitrogens with one attached hydrogen (secondary N) is 1. The van der Waals surface area contributed by atoms with Gasteiger partial charge in [0.15, 0.2) is 11.4 Å². The number of halogens is 2. The van der Waals surface area contributed by atoms with Gasteiger partial charge in [-0.2, -0.15) is 0 Å². The van der Waals surface area contributed by atoms with E-state index in [1.807, 2.05) is 6.07 Å². The van der Waals surface area contributed by atoms with Crippen LogP contribution < -0.4 is 5.32 Å². The lowest BCUT2D eigenvalue weighted by molar-refractivity contribution is -0.133. The van der Waals surface area contributed by atoms with E-state index < -0.39 is 23.7 Å². The van der Waals surface area contributed by atoms with Crippen molar-refractivity contribution in [3.8, 4) is 0 Å². The van der Waals surface area contributed by atoms with Crippen molar-refractivity contribution >= 4 is 40.6 Å². The Morgan fingerprint density at radius 3 is 2.60 bits per heavy atom. The third-order valence-electron chi connectivity index (χ3n) is 4.65. The Balaban J connectivity index is 1.65. The largest absolute Gasteiger partial charge is 0.375 e. The minimum Gasteiger partial charge on any atom is -0.375 e. The van der Waals surface area contributed by atoms with E-state index in [2.05, 4.69) is 10.3 Å². The fraction of sp³-hybridized carbons (Fsp3) is 0.278. The maximum Gasteiger partial charge on any atom is 0.261 e. The Kier molecular flexibility index (Phi) is 3.83. The van der Waals surface area contributed by atoms with E-state index in [1.54, 1.807) is 6.07 Å². The summed E-state index contributed by atoms with van der Waals surface area (Å²) in [6.45, 7) is 0. The van der Waals surface area contributed by atoms with E-state index in [9.17, 15) is 14.7 Å². The van der Waals surface area contributed by atoms with Crippen LogP contribution in [0.25, 0.3) is 0 Å². The SMILES string of the molecule is O=C(CC1(O)C(=O)Nc2c(Cl)ccc(Cl)c21)c1ccc(C2CC2)nc1. The standard InChI is InChI=1S/C18H14Cl2N2O3/c19-11-4-5-12(20)16-15(11)18(25,17(24)22-16)7-14(23)10-3-6-13(21-8-10)9-1-2-9/h3-6,8-9,25H,1-2,7H2,(H,22,24). The maximum atomic E-state index is 12.6. The number of carbonyl (C=O) groups excluding carboxylic acids is 2. The summed E-state index contributed by atoms with van der Waals surface area (Å²) in [5.41, 5.74) is -0.352. The molecule has 0 bridgehead atoms. The Bertz CT molecular complexity index is 894. The van der Waals surface area contributed by atoms with Gasteiger partial charge in [-0.05, 0) is 37.1 Å². The lowest BCUT2D eigenvalue weighted by atomic mass is 9.88. The molecular formula is C18H14Cl2N2O3. The number of hydrogen-bond donors (Lipinski definition) is 2. The number of pyridine rings is 1. The molecule has 7 heteroatoms. The van der Waals surface area contributed by atoms with Crippen molar-refractivity contribution in [1.29, 1.82) is 0 Å². The number of aromatic nitrogens is 1. The highest BCUT2D eigenvalue weighted by atomic mass is 35.5. The fourth-order valence-electron chi connectivity index (χ4n) is 3.10. The second-order valence-corrected chi connectivity index (χ2v) is 7.25. The van der Waals surface area contributed by atoms with Crippen molar-refractivity contribution in [1.82, 2.24) is 4.98 Å². The minimum atomic E-state index is -2.05. The van der Waals surface area contributed by atoms with Gasteiger partial charge in [0, 0.05) is 34.0 Å². The summed E-state index contributed by atoms with van der Waals surface area (Å²) in [7, 11) is 0. The van der Waals surface area contributed by atoms with Crippen LogP contribution in [0.4, 0.5) is 5.69 Å². The minimum absolute atomic E-state index is 0.141. The van der Waals surface area contributed by atoms with Gasteiger partial charge in [0.2, 0.25) is 0 Å². The third-order valence-corrected chi connectivity index (χ3v) is 5.28. The average molecular weight is 377 g/mol. The van der Waals surface area contributed by atoms with E-state index >= 15 is 0 Å². The second-order valence-electron chi connectivity index (χ2n) is 6.44. The number of fused-ring (bicyclic) bond motifs is 1. The van der Waals surface area contributed by atoms with Gasteiger partial charge in [0.25, 0.3) is 5.91 Å².